The molecule has 4 rings (SSSR count). The highest BCUT2D eigenvalue weighted by atomic mass is 19.3. The normalized spacial score (nSPS) is 24.1. The molecule has 0 radical (unpaired) electrons. The molecule has 1 N–H and O–H groups in total. The maximum Gasteiger partial charge on any atom is 0.251 e. The molecule has 2 aromatic rings. The number of alkyl halides is 2. The number of methoxy groups -OCH3 is 1. The summed E-state index contributed by atoms with van der Waals surface area (Å²) >= 11 is 0. The Morgan fingerprint density at radius 1 is 1.11 bits per heavy atom. The van der Waals surface area contributed by atoms with Crippen molar-refractivity contribution in [2.45, 2.75) is 89.4 Å². The van der Waals surface area contributed by atoms with E-state index in [1.54, 1.807) is 7.11 Å². The maximum absolute atomic E-state index is 14.4. The number of hydrogen-bond donors (Lipinski definition) is 1. The molecule has 0 aromatic heterocycles. The van der Waals surface area contributed by atoms with Gasteiger partial charge >= 0.3 is 0 Å². The lowest BCUT2D eigenvalue weighted by atomic mass is 9.86. The lowest BCUT2D eigenvalue weighted by Gasteiger charge is -2.33. The second-order valence-electron chi connectivity index (χ2n) is 11.0. The van der Waals surface area contributed by atoms with Crippen molar-refractivity contribution >= 4 is 5.91 Å². The Hall–Kier alpha value is -2.47. The Bertz CT molecular complexity index is 1020. The third-order valence-corrected chi connectivity index (χ3v) is 7.61. The van der Waals surface area contributed by atoms with Crippen molar-refractivity contribution in [1.29, 1.82) is 0 Å². The number of rotatable bonds is 7. The van der Waals surface area contributed by atoms with Gasteiger partial charge in [0, 0.05) is 30.9 Å². The van der Waals surface area contributed by atoms with Crippen molar-refractivity contribution in [3.63, 3.8) is 0 Å². The molecule has 3 unspecified atom stereocenters. The average molecular weight is 485 g/mol. The van der Waals surface area contributed by atoms with E-state index in [1.165, 1.54) is 5.56 Å². The van der Waals surface area contributed by atoms with Crippen LogP contribution in [0.25, 0.3) is 0 Å². The predicted octanol–water partition coefficient (Wildman–Crippen LogP) is 6.60. The first-order valence-corrected chi connectivity index (χ1v) is 12.7. The first-order valence-electron chi connectivity index (χ1n) is 12.7. The van der Waals surface area contributed by atoms with Crippen LogP contribution in [0.4, 0.5) is 8.78 Å². The molecular weight excluding hydrogens is 446 g/mol. The summed E-state index contributed by atoms with van der Waals surface area (Å²) in [6.07, 6.45) is 2.04. The van der Waals surface area contributed by atoms with Crippen LogP contribution in [0.2, 0.25) is 0 Å². The smallest absolute Gasteiger partial charge is 0.251 e. The summed E-state index contributed by atoms with van der Waals surface area (Å²) in [6, 6.07) is 16.0. The first-order chi connectivity index (χ1) is 16.6. The van der Waals surface area contributed by atoms with Gasteiger partial charge in [-0.1, -0.05) is 63.2 Å². The Kier molecular flexibility index (Phi) is 7.51. The van der Waals surface area contributed by atoms with Gasteiger partial charge in [-0.15, -0.1) is 0 Å². The Labute approximate surface area is 208 Å². The van der Waals surface area contributed by atoms with Crippen molar-refractivity contribution in [1.82, 2.24) is 10.2 Å². The highest BCUT2D eigenvalue weighted by Crippen LogP contribution is 2.44. The summed E-state index contributed by atoms with van der Waals surface area (Å²) in [7, 11) is 1.66. The number of carbonyl (C=O) groups excluding carboxylic acids is 1. The first kappa shape index (κ1) is 25.6. The summed E-state index contributed by atoms with van der Waals surface area (Å²) in [5.41, 5.74) is 3.29. The highest BCUT2D eigenvalue weighted by molar-refractivity contribution is 5.78. The van der Waals surface area contributed by atoms with Crippen molar-refractivity contribution in [3.8, 4) is 5.75 Å². The van der Waals surface area contributed by atoms with E-state index >= 15 is 0 Å². The number of benzene rings is 2. The standard InChI is InChI=1S/C29H38F2N2O2/c1-28(2,3)22-12-14-25(35-4)21(17-22)19-32-26-15-13-24(20-9-6-5-7-10-20)33(26)27(34)18-23-11-8-16-29(23,30)31/h5-7,9-10,12,14,17,23-24,26,32H,8,11,13,15-16,18-19H2,1-4H3. The van der Waals surface area contributed by atoms with Gasteiger partial charge in [0.25, 0.3) is 5.92 Å². The SMILES string of the molecule is COc1ccc(C(C)(C)C)cc1CNC1CCC(c2ccccc2)N1C(=O)CC1CCCC1(F)F. The number of ether oxygens (including phenoxy) is 1. The van der Waals surface area contributed by atoms with Crippen LogP contribution in [-0.2, 0) is 16.8 Å². The van der Waals surface area contributed by atoms with Crippen LogP contribution in [0.5, 0.6) is 5.75 Å². The van der Waals surface area contributed by atoms with Crippen LogP contribution < -0.4 is 10.1 Å². The molecule has 3 atom stereocenters. The molecule has 1 heterocycles. The molecule has 2 aromatic carbocycles. The quantitative estimate of drug-likeness (QED) is 0.482. The van der Waals surface area contributed by atoms with E-state index in [9.17, 15) is 13.6 Å². The summed E-state index contributed by atoms with van der Waals surface area (Å²) in [6.45, 7) is 7.05. The highest BCUT2D eigenvalue weighted by Gasteiger charge is 2.47. The van der Waals surface area contributed by atoms with Crippen molar-refractivity contribution in [2.75, 3.05) is 7.11 Å². The molecule has 1 saturated carbocycles. The lowest BCUT2D eigenvalue weighted by molar-refractivity contribution is -0.139. The fourth-order valence-electron chi connectivity index (χ4n) is 5.54. The minimum absolute atomic E-state index is 0.00129. The molecule has 4 nitrogen and oxygen atoms in total. The molecule has 1 aliphatic heterocycles. The van der Waals surface area contributed by atoms with Gasteiger partial charge in [0.1, 0.15) is 5.75 Å². The molecule has 1 amide bonds. The molecule has 35 heavy (non-hydrogen) atoms. The van der Waals surface area contributed by atoms with E-state index in [4.69, 9.17) is 4.74 Å². The van der Waals surface area contributed by atoms with Gasteiger partial charge in [-0.2, -0.15) is 0 Å². The van der Waals surface area contributed by atoms with Crippen LogP contribution in [0.3, 0.4) is 0 Å². The Balaban J connectivity index is 1.56. The summed E-state index contributed by atoms with van der Waals surface area (Å²) < 4.78 is 34.3. The number of nitrogens with zero attached hydrogens (tertiary/aromatic N) is 1. The average Bonchev–Trinajstić information content (AvgIpc) is 3.40. The van der Waals surface area contributed by atoms with Crippen LogP contribution >= 0.6 is 0 Å². The number of halogens is 2. The molecular formula is C29H38F2N2O2. The maximum atomic E-state index is 14.4. The van der Waals surface area contributed by atoms with Gasteiger partial charge in [-0.25, -0.2) is 8.78 Å². The lowest BCUT2D eigenvalue weighted by Crippen LogP contribution is -2.46. The number of carbonyl (C=O) groups is 1. The number of amides is 1. The van der Waals surface area contributed by atoms with E-state index in [2.05, 4.69) is 38.2 Å². The topological polar surface area (TPSA) is 41.6 Å². The van der Waals surface area contributed by atoms with Gasteiger partial charge in [-0.05, 0) is 48.3 Å². The van der Waals surface area contributed by atoms with Gasteiger partial charge in [0.15, 0.2) is 0 Å². The van der Waals surface area contributed by atoms with Gasteiger partial charge in [0.2, 0.25) is 5.91 Å². The fraction of sp³-hybridized carbons (Fsp3) is 0.552. The van der Waals surface area contributed by atoms with E-state index in [0.29, 0.717) is 19.4 Å². The largest absolute Gasteiger partial charge is 0.496 e. The Morgan fingerprint density at radius 3 is 2.49 bits per heavy atom. The van der Waals surface area contributed by atoms with E-state index < -0.39 is 11.8 Å². The van der Waals surface area contributed by atoms with E-state index in [1.807, 2.05) is 41.3 Å². The van der Waals surface area contributed by atoms with Gasteiger partial charge in [-0.3, -0.25) is 10.1 Å². The zero-order chi connectivity index (χ0) is 25.2. The van der Waals surface area contributed by atoms with Crippen LogP contribution in [0.1, 0.15) is 82.0 Å². The zero-order valence-corrected chi connectivity index (χ0v) is 21.3. The number of hydrogen-bond acceptors (Lipinski definition) is 3. The molecule has 1 saturated heterocycles. The third kappa shape index (κ3) is 5.69. The molecule has 1 aliphatic carbocycles. The minimum Gasteiger partial charge on any atom is -0.496 e. The Morgan fingerprint density at radius 2 is 1.86 bits per heavy atom. The summed E-state index contributed by atoms with van der Waals surface area (Å²) in [5, 5.41) is 3.57. The molecule has 2 aliphatic rings. The summed E-state index contributed by atoms with van der Waals surface area (Å²) in [4.78, 5) is 15.4. The molecule has 190 valence electrons. The molecule has 2 fully saturated rings. The van der Waals surface area contributed by atoms with E-state index in [-0.39, 0.29) is 36.4 Å². The van der Waals surface area contributed by atoms with Crippen molar-refractivity contribution in [3.05, 3.63) is 65.2 Å². The minimum atomic E-state index is -2.75. The van der Waals surface area contributed by atoms with Crippen molar-refractivity contribution < 1.29 is 18.3 Å². The predicted molar refractivity (Wildman–Crippen MR) is 134 cm³/mol. The van der Waals surface area contributed by atoms with Crippen LogP contribution in [0, 0.1) is 5.92 Å². The molecule has 0 spiro atoms. The number of likely N-dealkylation sites (tertiary alicyclic amines) is 1. The third-order valence-electron chi connectivity index (χ3n) is 7.61. The van der Waals surface area contributed by atoms with Crippen LogP contribution in [-0.4, -0.2) is 30.0 Å². The van der Waals surface area contributed by atoms with Gasteiger partial charge < -0.3 is 9.64 Å². The van der Waals surface area contributed by atoms with Crippen LogP contribution in [0.15, 0.2) is 48.5 Å². The van der Waals surface area contributed by atoms with E-state index in [0.717, 1.165) is 29.7 Å². The zero-order valence-electron chi connectivity index (χ0n) is 21.3. The second kappa shape index (κ2) is 10.3. The second-order valence-corrected chi connectivity index (χ2v) is 11.0. The summed E-state index contributed by atoms with van der Waals surface area (Å²) in [5.74, 6) is -3.00. The molecule has 0 bridgehead atoms. The monoisotopic (exact) mass is 484 g/mol. The van der Waals surface area contributed by atoms with Gasteiger partial charge in [0.05, 0.1) is 19.3 Å². The fourth-order valence-corrected chi connectivity index (χ4v) is 5.54. The number of nitrogens with one attached hydrogen (secondary N) is 1. The molecule has 6 heteroatoms. The van der Waals surface area contributed by atoms with Crippen molar-refractivity contribution in [2.24, 2.45) is 5.92 Å².